The average Bonchev–Trinajstić information content (AvgIpc) is 2.88. The first-order valence-electron chi connectivity index (χ1n) is 7.48. The number of halogens is 2. The van der Waals surface area contributed by atoms with Crippen molar-refractivity contribution in [1.82, 2.24) is 4.90 Å². The molecule has 1 saturated heterocycles. The Balaban J connectivity index is 2.17. The lowest BCUT2D eigenvalue weighted by atomic mass is 9.91. The molecular formula is C17H21F2NO2. The van der Waals surface area contributed by atoms with Gasteiger partial charge in [-0.05, 0) is 36.5 Å². The van der Waals surface area contributed by atoms with E-state index in [4.69, 9.17) is 0 Å². The summed E-state index contributed by atoms with van der Waals surface area (Å²) in [6, 6.07) is 2.55. The van der Waals surface area contributed by atoms with E-state index in [1.165, 1.54) is 6.07 Å². The molecule has 22 heavy (non-hydrogen) atoms. The summed E-state index contributed by atoms with van der Waals surface area (Å²) in [5.41, 5.74) is -0.0470. The fraction of sp³-hybridized carbons (Fsp3) is 0.529. The van der Waals surface area contributed by atoms with Gasteiger partial charge in [0.15, 0.2) is 17.4 Å². The molecule has 1 fully saturated rings. The van der Waals surface area contributed by atoms with E-state index in [0.29, 0.717) is 19.4 Å². The van der Waals surface area contributed by atoms with E-state index in [-0.39, 0.29) is 22.7 Å². The third-order valence-electron chi connectivity index (χ3n) is 3.76. The van der Waals surface area contributed by atoms with Crippen molar-refractivity contribution in [3.8, 4) is 0 Å². The zero-order valence-corrected chi connectivity index (χ0v) is 13.2. The number of carbonyl (C=O) groups is 2. The number of carbonyl (C=O) groups excluding carboxylic acids is 2. The van der Waals surface area contributed by atoms with Crippen LogP contribution in [0.1, 0.15) is 50.4 Å². The van der Waals surface area contributed by atoms with E-state index in [1.54, 1.807) is 4.90 Å². The summed E-state index contributed by atoms with van der Waals surface area (Å²) in [4.78, 5) is 26.5. The molecule has 0 aliphatic carbocycles. The molecule has 1 aromatic carbocycles. The summed E-state index contributed by atoms with van der Waals surface area (Å²) < 4.78 is 26.3. The number of nitrogens with zero attached hydrogens (tertiary/aromatic N) is 1. The quantitative estimate of drug-likeness (QED) is 0.800. The van der Waals surface area contributed by atoms with Gasteiger partial charge in [0.05, 0.1) is 6.04 Å². The van der Waals surface area contributed by atoms with Crippen molar-refractivity contribution in [3.05, 3.63) is 35.4 Å². The third-order valence-corrected chi connectivity index (χ3v) is 3.76. The largest absolute Gasteiger partial charge is 0.332 e. The van der Waals surface area contributed by atoms with Crippen molar-refractivity contribution < 1.29 is 18.4 Å². The molecular weight excluding hydrogens is 288 g/mol. The number of hydrogen-bond donors (Lipinski definition) is 0. The molecule has 1 aromatic rings. The van der Waals surface area contributed by atoms with Gasteiger partial charge >= 0.3 is 0 Å². The highest BCUT2D eigenvalue weighted by atomic mass is 19.2. The minimum absolute atomic E-state index is 0.0640. The molecule has 3 nitrogen and oxygen atoms in total. The Morgan fingerprint density at radius 2 is 1.91 bits per heavy atom. The van der Waals surface area contributed by atoms with Crippen molar-refractivity contribution in [2.24, 2.45) is 5.41 Å². The van der Waals surface area contributed by atoms with Crippen LogP contribution in [0.2, 0.25) is 0 Å². The second kappa shape index (κ2) is 6.15. The van der Waals surface area contributed by atoms with Crippen LogP contribution in [0.15, 0.2) is 18.2 Å². The number of hydrogen-bond acceptors (Lipinski definition) is 2. The van der Waals surface area contributed by atoms with E-state index in [9.17, 15) is 18.4 Å². The van der Waals surface area contributed by atoms with Crippen molar-refractivity contribution >= 4 is 11.7 Å². The topological polar surface area (TPSA) is 37.4 Å². The molecule has 1 amide bonds. The Bertz CT molecular complexity index is 593. The van der Waals surface area contributed by atoms with Crippen LogP contribution in [0.3, 0.4) is 0 Å². The zero-order chi connectivity index (χ0) is 16.5. The maximum absolute atomic E-state index is 13.3. The van der Waals surface area contributed by atoms with Crippen LogP contribution < -0.4 is 0 Å². The summed E-state index contributed by atoms with van der Waals surface area (Å²) in [7, 11) is 0. The summed E-state index contributed by atoms with van der Waals surface area (Å²) in [5, 5.41) is 0. The average molecular weight is 309 g/mol. The van der Waals surface area contributed by atoms with E-state index < -0.39 is 17.7 Å². The highest BCUT2D eigenvalue weighted by Gasteiger charge is 2.35. The van der Waals surface area contributed by atoms with Crippen molar-refractivity contribution in [1.29, 1.82) is 0 Å². The molecule has 0 spiro atoms. The van der Waals surface area contributed by atoms with Gasteiger partial charge in [-0.25, -0.2) is 8.78 Å². The van der Waals surface area contributed by atoms with Crippen LogP contribution in [0, 0.1) is 17.0 Å². The van der Waals surface area contributed by atoms with E-state index in [2.05, 4.69) is 0 Å². The molecule has 1 atom stereocenters. The lowest BCUT2D eigenvalue weighted by Gasteiger charge is -2.27. The molecule has 1 unspecified atom stereocenters. The van der Waals surface area contributed by atoms with Crippen molar-refractivity contribution in [2.45, 2.75) is 46.1 Å². The van der Waals surface area contributed by atoms with Gasteiger partial charge in [-0.2, -0.15) is 0 Å². The fourth-order valence-electron chi connectivity index (χ4n) is 2.73. The molecule has 1 aliphatic rings. The fourth-order valence-corrected chi connectivity index (χ4v) is 2.73. The third kappa shape index (κ3) is 3.70. The normalized spacial score (nSPS) is 18.6. The molecule has 120 valence electrons. The van der Waals surface area contributed by atoms with Gasteiger partial charge in [-0.15, -0.1) is 0 Å². The van der Waals surface area contributed by atoms with Gasteiger partial charge in [-0.3, -0.25) is 9.59 Å². The second-order valence-electron chi connectivity index (χ2n) is 6.98. The van der Waals surface area contributed by atoms with Crippen LogP contribution in [0.4, 0.5) is 8.78 Å². The van der Waals surface area contributed by atoms with E-state index in [1.807, 2.05) is 20.8 Å². The first kappa shape index (κ1) is 16.6. The molecule has 0 radical (unpaired) electrons. The summed E-state index contributed by atoms with van der Waals surface area (Å²) in [6.07, 6.45) is 1.66. The minimum Gasteiger partial charge on any atom is -0.332 e. The van der Waals surface area contributed by atoms with Gasteiger partial charge in [0, 0.05) is 18.5 Å². The Labute approximate surface area is 129 Å². The molecule has 0 bridgehead atoms. The lowest BCUT2D eigenvalue weighted by molar-refractivity contribution is -0.133. The number of likely N-dealkylation sites (tertiary alicyclic amines) is 1. The van der Waals surface area contributed by atoms with Crippen LogP contribution >= 0.6 is 0 Å². The number of Topliss-reactive ketones (excluding diaryl/α,β-unsaturated/α-hetero) is 1. The summed E-state index contributed by atoms with van der Waals surface area (Å²) >= 11 is 0. The van der Waals surface area contributed by atoms with E-state index in [0.717, 1.165) is 18.6 Å². The highest BCUT2D eigenvalue weighted by molar-refractivity contribution is 6.02. The van der Waals surface area contributed by atoms with Gasteiger partial charge in [0.2, 0.25) is 5.91 Å². The van der Waals surface area contributed by atoms with Crippen molar-refractivity contribution in [3.63, 3.8) is 0 Å². The molecule has 0 aromatic heterocycles. The van der Waals surface area contributed by atoms with Gasteiger partial charge < -0.3 is 4.90 Å². The van der Waals surface area contributed by atoms with Crippen LogP contribution in [0.5, 0.6) is 0 Å². The monoisotopic (exact) mass is 309 g/mol. The number of amides is 1. The van der Waals surface area contributed by atoms with Gasteiger partial charge in [0.1, 0.15) is 0 Å². The predicted molar refractivity (Wildman–Crippen MR) is 79.5 cm³/mol. The number of rotatable bonds is 3. The first-order valence-corrected chi connectivity index (χ1v) is 7.48. The Morgan fingerprint density at radius 3 is 2.50 bits per heavy atom. The van der Waals surface area contributed by atoms with Gasteiger partial charge in [-0.1, -0.05) is 20.8 Å². The Morgan fingerprint density at radius 1 is 1.23 bits per heavy atom. The zero-order valence-electron chi connectivity index (χ0n) is 13.2. The van der Waals surface area contributed by atoms with Gasteiger partial charge in [0.25, 0.3) is 0 Å². The maximum Gasteiger partial charge on any atom is 0.223 e. The van der Waals surface area contributed by atoms with E-state index >= 15 is 0 Å². The van der Waals surface area contributed by atoms with Crippen molar-refractivity contribution in [2.75, 3.05) is 6.54 Å². The van der Waals surface area contributed by atoms with Crippen LogP contribution in [-0.2, 0) is 4.79 Å². The molecule has 1 aliphatic heterocycles. The predicted octanol–water partition coefficient (Wildman–Crippen LogP) is 3.57. The Kier molecular flexibility index (Phi) is 4.63. The summed E-state index contributed by atoms with van der Waals surface area (Å²) in [6.45, 7) is 6.43. The number of benzene rings is 1. The summed E-state index contributed by atoms with van der Waals surface area (Å²) in [5.74, 6) is -2.41. The number of ketones is 1. The van der Waals surface area contributed by atoms with Crippen LogP contribution in [-0.4, -0.2) is 29.2 Å². The maximum atomic E-state index is 13.3. The SMILES string of the molecule is CC(C)(C)CC(=O)N1CCCC1C(=O)c1ccc(F)c(F)c1. The standard InChI is InChI=1S/C17H21F2NO2/c1-17(2,3)10-15(21)20-8-4-5-14(20)16(22)11-6-7-12(18)13(19)9-11/h6-7,9,14H,4-5,8,10H2,1-3H3. The molecule has 0 saturated carbocycles. The smallest absolute Gasteiger partial charge is 0.223 e. The first-order chi connectivity index (χ1) is 10.2. The molecule has 0 N–H and O–H groups in total. The lowest BCUT2D eigenvalue weighted by Crippen LogP contribution is -2.41. The highest BCUT2D eigenvalue weighted by Crippen LogP contribution is 2.26. The molecule has 2 rings (SSSR count). The minimum atomic E-state index is -1.04. The second-order valence-corrected chi connectivity index (χ2v) is 6.98. The molecule has 1 heterocycles. The molecule has 5 heteroatoms. The van der Waals surface area contributed by atoms with Crippen LogP contribution in [0.25, 0.3) is 0 Å². The Hall–Kier alpha value is -1.78.